The summed E-state index contributed by atoms with van der Waals surface area (Å²) >= 11 is 6.68. The highest BCUT2D eigenvalue weighted by Crippen LogP contribution is 2.44. The molecule has 5 aliphatic rings. The molecule has 2 bridgehead atoms. The van der Waals surface area contributed by atoms with Crippen molar-refractivity contribution in [3.05, 3.63) is 46.4 Å². The molecule has 2 aromatic carbocycles. The fourth-order valence-electron chi connectivity index (χ4n) is 9.00. The monoisotopic (exact) mass is 754 g/mol. The van der Waals surface area contributed by atoms with Gasteiger partial charge < -0.3 is 28.7 Å². The number of anilines is 2. The van der Waals surface area contributed by atoms with Gasteiger partial charge in [-0.25, -0.2) is 13.6 Å². The number of fused-ring (bicyclic) bond motifs is 5. The molecule has 284 valence electrons. The Balaban J connectivity index is 1.17. The van der Waals surface area contributed by atoms with E-state index in [1.165, 1.54) is 13.2 Å². The number of rotatable bonds is 8. The molecule has 4 atom stereocenters. The average molecular weight is 755 g/mol. The first-order valence-corrected chi connectivity index (χ1v) is 18.8. The molecule has 4 fully saturated rings. The summed E-state index contributed by atoms with van der Waals surface area (Å²) in [6, 6.07) is 6.20. The SMILES string of the molecule is COCOc1cc(N2CCc3c(nc(OC[C@@]45CCCN4C[C@H](F)C5)nc3N3CC4CCC(C3)N4C(=O)OC(C)(C)C)C2=O)c2c(Cl)cccc2c1F. The van der Waals surface area contributed by atoms with Crippen molar-refractivity contribution < 1.29 is 37.3 Å². The van der Waals surface area contributed by atoms with Crippen LogP contribution in [0.3, 0.4) is 0 Å². The van der Waals surface area contributed by atoms with Gasteiger partial charge in [-0.3, -0.25) is 14.6 Å². The molecule has 0 aliphatic carbocycles. The maximum Gasteiger partial charge on any atom is 0.410 e. The van der Waals surface area contributed by atoms with Gasteiger partial charge in [-0.15, -0.1) is 0 Å². The molecule has 53 heavy (non-hydrogen) atoms. The topological polar surface area (TPSA) is 110 Å². The van der Waals surface area contributed by atoms with Gasteiger partial charge in [0.25, 0.3) is 5.91 Å². The molecule has 0 spiro atoms. The molecule has 4 saturated heterocycles. The van der Waals surface area contributed by atoms with Crippen molar-refractivity contribution in [2.75, 3.05) is 63.0 Å². The van der Waals surface area contributed by atoms with E-state index in [9.17, 15) is 14.0 Å². The van der Waals surface area contributed by atoms with Crippen LogP contribution in [0.1, 0.15) is 68.9 Å². The maximum atomic E-state index is 15.7. The molecule has 2 amide bonds. The predicted octanol–water partition coefficient (Wildman–Crippen LogP) is 6.15. The van der Waals surface area contributed by atoms with Gasteiger partial charge in [0.05, 0.1) is 28.3 Å². The lowest BCUT2D eigenvalue weighted by Gasteiger charge is -2.42. The van der Waals surface area contributed by atoms with Gasteiger partial charge in [0.15, 0.2) is 18.4 Å². The van der Waals surface area contributed by atoms with E-state index in [4.69, 9.17) is 40.5 Å². The second-order valence-electron chi connectivity index (χ2n) is 15.8. The highest BCUT2D eigenvalue weighted by Gasteiger charge is 2.50. The number of nitrogens with zero attached hydrogens (tertiary/aromatic N) is 6. The number of amides is 2. The minimum Gasteiger partial charge on any atom is -0.464 e. The lowest BCUT2D eigenvalue weighted by atomic mass is 9.95. The van der Waals surface area contributed by atoms with Crippen LogP contribution >= 0.6 is 11.6 Å². The number of hydrogen-bond donors (Lipinski definition) is 0. The zero-order valence-electron chi connectivity index (χ0n) is 30.5. The molecule has 8 rings (SSSR count). The van der Waals surface area contributed by atoms with Crippen molar-refractivity contribution in [1.29, 1.82) is 0 Å². The van der Waals surface area contributed by atoms with Gasteiger partial charge in [-0.2, -0.15) is 9.97 Å². The van der Waals surface area contributed by atoms with Crippen LogP contribution in [0, 0.1) is 5.82 Å². The summed E-state index contributed by atoms with van der Waals surface area (Å²) in [5, 5.41) is 0.854. The molecule has 6 heterocycles. The first-order chi connectivity index (χ1) is 25.4. The van der Waals surface area contributed by atoms with E-state index in [0.29, 0.717) is 54.9 Å². The van der Waals surface area contributed by atoms with Crippen LogP contribution in [0.25, 0.3) is 10.8 Å². The summed E-state index contributed by atoms with van der Waals surface area (Å²) in [5.74, 6) is -0.535. The molecule has 5 aliphatic heterocycles. The minimum absolute atomic E-state index is 0.0329. The van der Waals surface area contributed by atoms with Crippen molar-refractivity contribution in [2.45, 2.75) is 88.7 Å². The Bertz CT molecular complexity index is 1930. The zero-order chi connectivity index (χ0) is 37.2. The van der Waals surface area contributed by atoms with E-state index in [-0.39, 0.29) is 66.0 Å². The number of hydrogen-bond acceptors (Lipinski definition) is 10. The molecule has 3 aromatic rings. The average Bonchev–Trinajstić information content (AvgIpc) is 3.73. The van der Waals surface area contributed by atoms with Crippen LogP contribution in [0.15, 0.2) is 24.3 Å². The number of halogens is 3. The van der Waals surface area contributed by atoms with Crippen molar-refractivity contribution in [2.24, 2.45) is 0 Å². The van der Waals surface area contributed by atoms with E-state index in [1.54, 1.807) is 23.1 Å². The number of carbonyl (C=O) groups is 2. The largest absolute Gasteiger partial charge is 0.464 e. The lowest BCUT2D eigenvalue weighted by molar-refractivity contribution is 0.0122. The smallest absolute Gasteiger partial charge is 0.410 e. The van der Waals surface area contributed by atoms with Gasteiger partial charge in [0.2, 0.25) is 0 Å². The second-order valence-corrected chi connectivity index (χ2v) is 16.2. The Morgan fingerprint density at radius 1 is 1.09 bits per heavy atom. The summed E-state index contributed by atoms with van der Waals surface area (Å²) in [6.07, 6.45) is 2.90. The first kappa shape index (κ1) is 36.0. The molecule has 2 unspecified atom stereocenters. The summed E-state index contributed by atoms with van der Waals surface area (Å²) in [5.41, 5.74) is 0.140. The summed E-state index contributed by atoms with van der Waals surface area (Å²) in [7, 11) is 1.44. The quantitative estimate of drug-likeness (QED) is 0.249. The van der Waals surface area contributed by atoms with Crippen LogP contribution in [-0.2, 0) is 15.9 Å². The third-order valence-corrected chi connectivity index (χ3v) is 11.5. The normalized spacial score (nSPS) is 25.6. The molecule has 0 radical (unpaired) electrons. The van der Waals surface area contributed by atoms with Crippen LogP contribution in [0.2, 0.25) is 5.02 Å². The third kappa shape index (κ3) is 6.50. The summed E-state index contributed by atoms with van der Waals surface area (Å²) < 4.78 is 53.1. The predicted molar refractivity (Wildman–Crippen MR) is 194 cm³/mol. The molecular formula is C38H45ClF2N6O6. The van der Waals surface area contributed by atoms with E-state index < -0.39 is 29.0 Å². The second kappa shape index (κ2) is 13.7. The number of benzene rings is 2. The number of alkyl halides is 1. The van der Waals surface area contributed by atoms with E-state index in [0.717, 1.165) is 32.2 Å². The van der Waals surface area contributed by atoms with Crippen molar-refractivity contribution in [3.63, 3.8) is 0 Å². The Kier molecular flexibility index (Phi) is 9.29. The minimum atomic E-state index is -0.930. The van der Waals surface area contributed by atoms with E-state index in [1.807, 2.05) is 25.7 Å². The zero-order valence-corrected chi connectivity index (χ0v) is 31.3. The molecule has 0 saturated carbocycles. The molecule has 1 aromatic heterocycles. The Morgan fingerprint density at radius 2 is 1.87 bits per heavy atom. The van der Waals surface area contributed by atoms with Gasteiger partial charge in [0, 0.05) is 62.1 Å². The van der Waals surface area contributed by atoms with Crippen LogP contribution in [-0.4, -0.2) is 114 Å². The molecule has 12 nitrogen and oxygen atoms in total. The number of carbonyl (C=O) groups excluding carboxylic acids is 2. The highest BCUT2D eigenvalue weighted by molar-refractivity contribution is 6.37. The van der Waals surface area contributed by atoms with Gasteiger partial charge in [-0.05, 0) is 65.5 Å². The standard InChI is InChI=1S/C38H45ClF2N6O6/c1-37(2,3)53-36(49)47-23-9-10-24(47)19-44(18-23)33-26-11-14-46(28-15-29(52-21-50-4)31(41)25-7-5-8-27(39)30(25)28)34(48)32(26)42-35(43-33)51-20-38-12-6-13-45(38)17-22(40)16-38/h5,7-8,15,22-24H,6,9-14,16-21H2,1-4H3/t22-,23?,24?,38+/m1/s1. The Hall–Kier alpha value is -4.01. The number of aromatic nitrogens is 2. The van der Waals surface area contributed by atoms with Gasteiger partial charge in [-0.1, -0.05) is 23.7 Å². The summed E-state index contributed by atoms with van der Waals surface area (Å²) in [6.45, 7) is 7.99. The van der Waals surface area contributed by atoms with Crippen LogP contribution in [0.5, 0.6) is 11.8 Å². The summed E-state index contributed by atoms with van der Waals surface area (Å²) in [4.78, 5) is 45.4. The fourth-order valence-corrected chi connectivity index (χ4v) is 9.28. The number of piperazine rings is 1. The van der Waals surface area contributed by atoms with Gasteiger partial charge >= 0.3 is 12.1 Å². The first-order valence-electron chi connectivity index (χ1n) is 18.4. The number of methoxy groups -OCH3 is 1. The molecular weight excluding hydrogens is 710 g/mol. The fraction of sp³-hybridized carbons (Fsp3) is 0.579. The number of ether oxygens (including phenoxy) is 4. The third-order valence-electron chi connectivity index (χ3n) is 11.2. The van der Waals surface area contributed by atoms with Crippen LogP contribution in [0.4, 0.5) is 25.1 Å². The van der Waals surface area contributed by atoms with Crippen molar-refractivity contribution in [1.82, 2.24) is 19.8 Å². The Morgan fingerprint density at radius 3 is 2.60 bits per heavy atom. The van der Waals surface area contributed by atoms with Crippen molar-refractivity contribution in [3.8, 4) is 11.8 Å². The maximum absolute atomic E-state index is 15.7. The van der Waals surface area contributed by atoms with Gasteiger partial charge in [0.1, 0.15) is 29.9 Å². The highest BCUT2D eigenvalue weighted by atomic mass is 35.5. The van der Waals surface area contributed by atoms with E-state index >= 15 is 4.39 Å². The lowest BCUT2D eigenvalue weighted by Crippen LogP contribution is -2.57. The Labute approximate surface area is 312 Å². The van der Waals surface area contributed by atoms with Crippen LogP contribution < -0.4 is 19.3 Å². The molecule has 15 heteroatoms. The van der Waals surface area contributed by atoms with Crippen molar-refractivity contribution >= 4 is 45.9 Å². The molecule has 0 N–H and O–H groups in total. The van der Waals surface area contributed by atoms with E-state index in [2.05, 4.69) is 9.80 Å².